The third-order valence-corrected chi connectivity index (χ3v) is 1.37. The molecule has 12 heavy (non-hydrogen) atoms. The summed E-state index contributed by atoms with van der Waals surface area (Å²) in [6, 6.07) is 0. The van der Waals surface area contributed by atoms with Crippen LogP contribution in [0.5, 0.6) is 0 Å². The monoisotopic (exact) mass is 167 g/mol. The molecule has 5 nitrogen and oxygen atoms in total. The maximum Gasteiger partial charge on any atom is 0.235 e. The summed E-state index contributed by atoms with van der Waals surface area (Å²) in [5.74, 6) is 0. The van der Waals surface area contributed by atoms with Crippen molar-refractivity contribution in [2.45, 2.75) is 13.5 Å². The van der Waals surface area contributed by atoms with Crippen LogP contribution in [-0.2, 0) is 6.54 Å². The van der Waals surface area contributed by atoms with E-state index in [4.69, 9.17) is 0 Å². The molecule has 5 heteroatoms. The largest absolute Gasteiger partial charge is 0.272 e. The molecule has 0 unspecified atom stereocenters. The van der Waals surface area contributed by atoms with Gasteiger partial charge in [0.1, 0.15) is 0 Å². The highest BCUT2D eigenvalue weighted by Gasteiger charge is 1.93. The molecule has 0 aromatic carbocycles. The minimum Gasteiger partial charge on any atom is -0.272 e. The Kier molecular flexibility index (Phi) is 2.57. The first-order chi connectivity index (χ1) is 5.72. The Morgan fingerprint density at radius 2 is 2.58 bits per heavy atom. The van der Waals surface area contributed by atoms with E-state index in [-0.39, 0.29) is 0 Å². The molecule has 0 bridgehead atoms. The highest BCUT2D eigenvalue weighted by atomic mass is 16.6. The van der Waals surface area contributed by atoms with Crippen LogP contribution in [0.4, 0.5) is 0 Å². The fraction of sp³-hybridized carbons (Fsp3) is 0.286. The summed E-state index contributed by atoms with van der Waals surface area (Å²) in [6.45, 7) is 2.72. The summed E-state index contributed by atoms with van der Waals surface area (Å²) >= 11 is 0. The van der Waals surface area contributed by atoms with Gasteiger partial charge in [0.15, 0.2) is 0 Å². The highest BCUT2D eigenvalue weighted by Crippen LogP contribution is 1.99. The van der Waals surface area contributed by atoms with E-state index in [9.17, 15) is 10.1 Å². The average molecular weight is 167 g/mol. The van der Waals surface area contributed by atoms with Gasteiger partial charge in [0.2, 0.25) is 6.20 Å². The molecule has 1 rings (SSSR count). The summed E-state index contributed by atoms with van der Waals surface area (Å²) in [7, 11) is 0. The third kappa shape index (κ3) is 2.19. The van der Waals surface area contributed by atoms with E-state index < -0.39 is 4.92 Å². The van der Waals surface area contributed by atoms with Crippen molar-refractivity contribution in [1.29, 1.82) is 0 Å². The van der Waals surface area contributed by atoms with Crippen molar-refractivity contribution in [1.82, 2.24) is 9.78 Å². The van der Waals surface area contributed by atoms with E-state index in [2.05, 4.69) is 5.10 Å². The number of rotatable bonds is 3. The van der Waals surface area contributed by atoms with E-state index >= 15 is 0 Å². The molecule has 0 aliphatic heterocycles. The molecule has 0 fully saturated rings. The third-order valence-electron chi connectivity index (χ3n) is 1.37. The second-order valence-electron chi connectivity index (χ2n) is 2.23. The van der Waals surface area contributed by atoms with Gasteiger partial charge < -0.3 is 0 Å². The predicted octanol–water partition coefficient (Wildman–Crippen LogP) is 1.15. The van der Waals surface area contributed by atoms with Crippen LogP contribution in [0, 0.1) is 10.1 Å². The molecule has 0 radical (unpaired) electrons. The van der Waals surface area contributed by atoms with Crippen LogP contribution < -0.4 is 0 Å². The molecule has 0 amide bonds. The second-order valence-corrected chi connectivity index (χ2v) is 2.23. The van der Waals surface area contributed by atoms with Crippen molar-refractivity contribution >= 4 is 6.08 Å². The summed E-state index contributed by atoms with van der Waals surface area (Å²) < 4.78 is 1.71. The first-order valence-corrected chi connectivity index (χ1v) is 3.56. The SMILES string of the molecule is CCn1cc(C=C[N+](=O)[O-])cn1. The van der Waals surface area contributed by atoms with Crippen molar-refractivity contribution in [3.05, 3.63) is 34.3 Å². The number of hydrogen-bond donors (Lipinski definition) is 0. The zero-order chi connectivity index (χ0) is 8.97. The van der Waals surface area contributed by atoms with E-state index in [1.165, 1.54) is 6.08 Å². The molecule has 0 aliphatic rings. The highest BCUT2D eigenvalue weighted by molar-refractivity contribution is 5.44. The van der Waals surface area contributed by atoms with Gasteiger partial charge in [-0.1, -0.05) is 0 Å². The van der Waals surface area contributed by atoms with Crippen molar-refractivity contribution in [2.75, 3.05) is 0 Å². The van der Waals surface area contributed by atoms with Crippen molar-refractivity contribution in [2.24, 2.45) is 0 Å². The van der Waals surface area contributed by atoms with Crippen LogP contribution >= 0.6 is 0 Å². The molecule has 0 atom stereocenters. The van der Waals surface area contributed by atoms with Crippen LogP contribution in [0.25, 0.3) is 6.08 Å². The summed E-state index contributed by atoms with van der Waals surface area (Å²) in [5.41, 5.74) is 0.744. The normalized spacial score (nSPS) is 10.8. The molecule has 0 saturated carbocycles. The number of aryl methyl sites for hydroxylation is 1. The molecule has 1 aromatic rings. The minimum atomic E-state index is -0.497. The molecule has 0 N–H and O–H groups in total. The summed E-state index contributed by atoms with van der Waals surface area (Å²) in [4.78, 5) is 9.44. The van der Waals surface area contributed by atoms with Gasteiger partial charge in [-0.15, -0.1) is 0 Å². The van der Waals surface area contributed by atoms with E-state index in [1.807, 2.05) is 6.92 Å². The molecule has 0 aliphatic carbocycles. The topological polar surface area (TPSA) is 61.0 Å². The molecular weight excluding hydrogens is 158 g/mol. The lowest BCUT2D eigenvalue weighted by Crippen LogP contribution is -1.91. The fourth-order valence-corrected chi connectivity index (χ4v) is 0.785. The zero-order valence-corrected chi connectivity index (χ0v) is 6.67. The van der Waals surface area contributed by atoms with Gasteiger partial charge in [0.05, 0.1) is 11.1 Å². The van der Waals surface area contributed by atoms with E-state index in [0.29, 0.717) is 0 Å². The quantitative estimate of drug-likeness (QED) is 0.501. The first-order valence-electron chi connectivity index (χ1n) is 3.56. The minimum absolute atomic E-state index is 0.497. The Labute approximate surface area is 69.5 Å². The van der Waals surface area contributed by atoms with Crippen LogP contribution in [0.15, 0.2) is 18.6 Å². The molecule has 0 saturated heterocycles. The van der Waals surface area contributed by atoms with Crippen molar-refractivity contribution in [3.63, 3.8) is 0 Å². The number of nitro groups is 1. The zero-order valence-electron chi connectivity index (χ0n) is 6.67. The Morgan fingerprint density at radius 1 is 1.83 bits per heavy atom. The van der Waals surface area contributed by atoms with Crippen LogP contribution in [0.1, 0.15) is 12.5 Å². The summed E-state index contributed by atoms with van der Waals surface area (Å²) in [5, 5.41) is 13.9. The van der Waals surface area contributed by atoms with Gasteiger partial charge in [0.25, 0.3) is 0 Å². The lowest BCUT2D eigenvalue weighted by Gasteiger charge is -1.88. The lowest BCUT2D eigenvalue weighted by molar-refractivity contribution is -0.400. The lowest BCUT2D eigenvalue weighted by atomic mass is 10.3. The number of aromatic nitrogens is 2. The van der Waals surface area contributed by atoms with Gasteiger partial charge in [0, 0.05) is 24.4 Å². The summed E-state index contributed by atoms with van der Waals surface area (Å²) in [6.07, 6.45) is 5.65. The Morgan fingerprint density at radius 3 is 3.08 bits per heavy atom. The fourth-order valence-electron chi connectivity index (χ4n) is 0.785. The Bertz CT molecular complexity index is 303. The van der Waals surface area contributed by atoms with Crippen LogP contribution in [0.3, 0.4) is 0 Å². The van der Waals surface area contributed by atoms with Gasteiger partial charge in [-0.2, -0.15) is 5.10 Å². The smallest absolute Gasteiger partial charge is 0.235 e. The Balaban J connectivity index is 2.70. The predicted molar refractivity (Wildman–Crippen MR) is 43.9 cm³/mol. The van der Waals surface area contributed by atoms with E-state index in [1.54, 1.807) is 17.1 Å². The maximum atomic E-state index is 9.94. The van der Waals surface area contributed by atoms with Gasteiger partial charge in [-0.3, -0.25) is 14.8 Å². The molecule has 1 heterocycles. The number of nitrogens with zero attached hydrogens (tertiary/aromatic N) is 3. The van der Waals surface area contributed by atoms with Crippen molar-refractivity contribution in [3.8, 4) is 0 Å². The number of hydrogen-bond acceptors (Lipinski definition) is 3. The second kappa shape index (κ2) is 3.66. The molecule has 0 spiro atoms. The van der Waals surface area contributed by atoms with Crippen molar-refractivity contribution < 1.29 is 4.92 Å². The average Bonchev–Trinajstić information content (AvgIpc) is 2.48. The standard InChI is InChI=1S/C7H9N3O2/c1-2-9-6-7(5-8-9)3-4-10(11)12/h3-6H,2H2,1H3. The van der Waals surface area contributed by atoms with Gasteiger partial charge in [-0.05, 0) is 6.92 Å². The first kappa shape index (κ1) is 8.45. The Hall–Kier alpha value is -1.65. The molecular formula is C7H9N3O2. The molecule has 1 aromatic heterocycles. The molecule has 64 valence electrons. The van der Waals surface area contributed by atoms with Gasteiger partial charge in [-0.25, -0.2) is 0 Å². The van der Waals surface area contributed by atoms with Crippen LogP contribution in [-0.4, -0.2) is 14.7 Å². The van der Waals surface area contributed by atoms with Crippen LogP contribution in [0.2, 0.25) is 0 Å². The van der Waals surface area contributed by atoms with E-state index in [0.717, 1.165) is 18.3 Å². The van der Waals surface area contributed by atoms with Gasteiger partial charge >= 0.3 is 0 Å². The maximum absolute atomic E-state index is 9.94.